The second-order valence-electron chi connectivity index (χ2n) is 4.38. The Kier molecular flexibility index (Phi) is 3.53. The smallest absolute Gasteiger partial charge is 0.255 e. The first-order chi connectivity index (χ1) is 10.0. The van der Waals surface area contributed by atoms with Crippen LogP contribution < -0.4 is 20.5 Å². The van der Waals surface area contributed by atoms with E-state index >= 15 is 0 Å². The Hall–Kier alpha value is -2.11. The van der Waals surface area contributed by atoms with Gasteiger partial charge in [0.25, 0.3) is 5.91 Å². The molecule has 0 spiro atoms. The van der Waals surface area contributed by atoms with Crippen LogP contribution in [0.4, 0.5) is 11.4 Å². The van der Waals surface area contributed by atoms with Crippen LogP contribution in [0.2, 0.25) is 10.0 Å². The second kappa shape index (κ2) is 5.35. The van der Waals surface area contributed by atoms with Gasteiger partial charge in [0.2, 0.25) is 6.79 Å². The van der Waals surface area contributed by atoms with Crippen molar-refractivity contribution in [3.05, 3.63) is 45.9 Å². The van der Waals surface area contributed by atoms with Gasteiger partial charge in [-0.1, -0.05) is 23.2 Å². The zero-order valence-electron chi connectivity index (χ0n) is 10.7. The summed E-state index contributed by atoms with van der Waals surface area (Å²) in [4.78, 5) is 12.2. The molecule has 0 unspecified atom stereocenters. The average Bonchev–Trinajstić information content (AvgIpc) is 2.89. The molecule has 0 radical (unpaired) electrons. The predicted octanol–water partition coefficient (Wildman–Crippen LogP) is 3.56. The highest BCUT2D eigenvalue weighted by atomic mass is 35.5. The molecule has 1 aliphatic rings. The van der Waals surface area contributed by atoms with Crippen molar-refractivity contribution in [3.8, 4) is 11.5 Å². The first kappa shape index (κ1) is 13.9. The van der Waals surface area contributed by atoms with Gasteiger partial charge < -0.3 is 20.5 Å². The Bertz CT molecular complexity index is 734. The van der Waals surface area contributed by atoms with Crippen LogP contribution in [0, 0.1) is 0 Å². The molecule has 0 saturated carbocycles. The lowest BCUT2D eigenvalue weighted by molar-refractivity contribution is 0.102. The molecule has 1 heterocycles. The molecule has 108 valence electrons. The van der Waals surface area contributed by atoms with Gasteiger partial charge in [-0.15, -0.1) is 0 Å². The number of hydrogen-bond acceptors (Lipinski definition) is 4. The normalized spacial score (nSPS) is 12.3. The third-order valence-corrected chi connectivity index (χ3v) is 3.61. The number of anilines is 2. The number of carbonyl (C=O) groups excluding carboxylic acids is 1. The standard InChI is InChI=1S/C14H10Cl2N2O3/c15-8-3-7(1-2-10(8)17)14(19)18-11-5-13-12(4-9(11)16)20-6-21-13/h1-5H,6,17H2,(H,18,19). The number of amides is 1. The quantitative estimate of drug-likeness (QED) is 0.828. The van der Waals surface area contributed by atoms with E-state index in [-0.39, 0.29) is 12.7 Å². The van der Waals surface area contributed by atoms with Crippen molar-refractivity contribution in [1.82, 2.24) is 0 Å². The fourth-order valence-electron chi connectivity index (χ4n) is 1.88. The first-order valence-corrected chi connectivity index (χ1v) is 6.76. The minimum Gasteiger partial charge on any atom is -0.454 e. The highest BCUT2D eigenvalue weighted by molar-refractivity contribution is 6.34. The van der Waals surface area contributed by atoms with Crippen molar-refractivity contribution in [2.45, 2.75) is 0 Å². The van der Waals surface area contributed by atoms with Crippen LogP contribution in [0.15, 0.2) is 30.3 Å². The summed E-state index contributed by atoms with van der Waals surface area (Å²) in [6.07, 6.45) is 0. The molecule has 3 N–H and O–H groups in total. The van der Waals surface area contributed by atoms with E-state index in [2.05, 4.69) is 5.32 Å². The SMILES string of the molecule is Nc1ccc(C(=O)Nc2cc3c(cc2Cl)OCO3)cc1Cl. The lowest BCUT2D eigenvalue weighted by Gasteiger charge is -2.09. The molecule has 0 atom stereocenters. The van der Waals surface area contributed by atoms with Crippen LogP contribution in [0.5, 0.6) is 11.5 Å². The maximum atomic E-state index is 12.2. The van der Waals surface area contributed by atoms with E-state index in [0.717, 1.165) is 0 Å². The van der Waals surface area contributed by atoms with Gasteiger partial charge in [-0.05, 0) is 18.2 Å². The minimum atomic E-state index is -0.349. The molecule has 2 aromatic carbocycles. The number of nitrogens with one attached hydrogen (secondary N) is 1. The lowest BCUT2D eigenvalue weighted by atomic mass is 10.2. The molecule has 21 heavy (non-hydrogen) atoms. The predicted molar refractivity (Wildman–Crippen MR) is 81.4 cm³/mol. The molecule has 0 aliphatic carbocycles. The zero-order chi connectivity index (χ0) is 15.0. The summed E-state index contributed by atoms with van der Waals surface area (Å²) in [6.45, 7) is 0.136. The number of nitrogen functional groups attached to an aromatic ring is 1. The number of ether oxygens (including phenoxy) is 2. The van der Waals surface area contributed by atoms with Crippen molar-refractivity contribution in [2.75, 3.05) is 17.8 Å². The Morgan fingerprint density at radius 3 is 2.52 bits per heavy atom. The average molecular weight is 325 g/mol. The van der Waals surface area contributed by atoms with Crippen LogP contribution in [0.3, 0.4) is 0 Å². The number of carbonyl (C=O) groups is 1. The number of hydrogen-bond donors (Lipinski definition) is 2. The van der Waals surface area contributed by atoms with Crippen molar-refractivity contribution in [1.29, 1.82) is 0 Å². The van der Waals surface area contributed by atoms with Crippen LogP contribution in [-0.4, -0.2) is 12.7 Å². The molecule has 0 fully saturated rings. The van der Waals surface area contributed by atoms with Crippen molar-refractivity contribution < 1.29 is 14.3 Å². The Labute approximate surface area is 130 Å². The zero-order valence-corrected chi connectivity index (χ0v) is 12.2. The van der Waals surface area contributed by atoms with E-state index in [1.165, 1.54) is 6.07 Å². The number of fused-ring (bicyclic) bond motifs is 1. The number of halogens is 2. The van der Waals surface area contributed by atoms with Gasteiger partial charge in [0.15, 0.2) is 11.5 Å². The van der Waals surface area contributed by atoms with E-state index in [1.807, 2.05) is 0 Å². The van der Waals surface area contributed by atoms with Crippen LogP contribution in [0.1, 0.15) is 10.4 Å². The van der Waals surface area contributed by atoms with Gasteiger partial charge in [0.1, 0.15) is 0 Å². The summed E-state index contributed by atoms with van der Waals surface area (Å²) in [7, 11) is 0. The molecule has 0 saturated heterocycles. The van der Waals surface area contributed by atoms with Crippen LogP contribution in [-0.2, 0) is 0 Å². The summed E-state index contributed by atoms with van der Waals surface area (Å²) in [5, 5.41) is 3.37. The minimum absolute atomic E-state index is 0.136. The van der Waals surface area contributed by atoms with E-state index in [1.54, 1.807) is 24.3 Å². The van der Waals surface area contributed by atoms with Crippen molar-refractivity contribution in [3.63, 3.8) is 0 Å². The molecule has 3 rings (SSSR count). The Balaban J connectivity index is 1.86. The monoisotopic (exact) mass is 324 g/mol. The number of rotatable bonds is 2. The fourth-order valence-corrected chi connectivity index (χ4v) is 2.26. The summed E-state index contributed by atoms with van der Waals surface area (Å²) < 4.78 is 10.4. The topological polar surface area (TPSA) is 73.6 Å². The van der Waals surface area contributed by atoms with Gasteiger partial charge in [-0.2, -0.15) is 0 Å². The Morgan fingerprint density at radius 1 is 1.10 bits per heavy atom. The highest BCUT2D eigenvalue weighted by Crippen LogP contribution is 2.39. The fraction of sp³-hybridized carbons (Fsp3) is 0.0714. The largest absolute Gasteiger partial charge is 0.454 e. The molecule has 2 aromatic rings. The van der Waals surface area contributed by atoms with Gasteiger partial charge in [-0.3, -0.25) is 4.79 Å². The molecule has 7 heteroatoms. The van der Waals surface area contributed by atoms with Gasteiger partial charge in [-0.25, -0.2) is 0 Å². The molecule has 1 aliphatic heterocycles. The molecular weight excluding hydrogens is 315 g/mol. The highest BCUT2D eigenvalue weighted by Gasteiger charge is 2.18. The molecule has 5 nitrogen and oxygen atoms in total. The molecule has 1 amide bonds. The summed E-state index contributed by atoms with van der Waals surface area (Å²) in [5.74, 6) is 0.733. The number of nitrogens with two attached hydrogens (primary N) is 1. The third kappa shape index (κ3) is 2.70. The van der Waals surface area contributed by atoms with Crippen molar-refractivity contribution >= 4 is 40.5 Å². The molecule has 0 bridgehead atoms. The molecular formula is C14H10Cl2N2O3. The van der Waals surface area contributed by atoms with Crippen LogP contribution in [0.25, 0.3) is 0 Å². The number of benzene rings is 2. The van der Waals surface area contributed by atoms with E-state index in [9.17, 15) is 4.79 Å². The maximum absolute atomic E-state index is 12.2. The second-order valence-corrected chi connectivity index (χ2v) is 5.19. The summed E-state index contributed by atoms with van der Waals surface area (Å²) >= 11 is 12.0. The van der Waals surface area contributed by atoms with E-state index < -0.39 is 0 Å². The third-order valence-electron chi connectivity index (χ3n) is 2.97. The van der Waals surface area contributed by atoms with Crippen molar-refractivity contribution in [2.24, 2.45) is 0 Å². The van der Waals surface area contributed by atoms with Gasteiger partial charge in [0.05, 0.1) is 21.4 Å². The molecule has 0 aromatic heterocycles. The van der Waals surface area contributed by atoms with E-state index in [0.29, 0.717) is 38.5 Å². The van der Waals surface area contributed by atoms with Gasteiger partial charge >= 0.3 is 0 Å². The Morgan fingerprint density at radius 2 is 1.81 bits per heavy atom. The lowest BCUT2D eigenvalue weighted by Crippen LogP contribution is -2.12. The summed E-state index contributed by atoms with van der Waals surface area (Å²) in [5.41, 5.74) is 6.83. The van der Waals surface area contributed by atoms with Crippen LogP contribution >= 0.6 is 23.2 Å². The van der Waals surface area contributed by atoms with E-state index in [4.69, 9.17) is 38.4 Å². The van der Waals surface area contributed by atoms with Gasteiger partial charge in [0, 0.05) is 17.7 Å². The summed E-state index contributed by atoms with van der Waals surface area (Å²) in [6, 6.07) is 7.85. The first-order valence-electron chi connectivity index (χ1n) is 6.00. The maximum Gasteiger partial charge on any atom is 0.255 e.